The Bertz CT molecular complexity index is 652. The van der Waals surface area contributed by atoms with Crippen LogP contribution < -0.4 is 9.47 Å². The molecule has 0 atom stereocenters. The Labute approximate surface area is 122 Å². The first-order valence-electron chi connectivity index (χ1n) is 6.35. The number of hydrogen-bond donors (Lipinski definition) is 1. The Kier molecular flexibility index (Phi) is 4.42. The van der Waals surface area contributed by atoms with E-state index in [1.54, 1.807) is 25.1 Å². The number of aliphatic carboxylic acids is 1. The van der Waals surface area contributed by atoms with E-state index in [0.717, 1.165) is 11.1 Å². The van der Waals surface area contributed by atoms with Crippen molar-refractivity contribution in [2.75, 3.05) is 14.2 Å². The number of aryl methyl sites for hydroxylation is 1. The number of carbonyl (C=O) groups is 1. The van der Waals surface area contributed by atoms with E-state index in [-0.39, 0.29) is 6.42 Å². The third kappa shape index (κ3) is 3.50. The molecule has 0 radical (unpaired) electrons. The van der Waals surface area contributed by atoms with E-state index in [1.807, 2.05) is 19.1 Å². The summed E-state index contributed by atoms with van der Waals surface area (Å²) in [5.74, 6) is 0.386. The van der Waals surface area contributed by atoms with Gasteiger partial charge in [0, 0.05) is 6.20 Å². The van der Waals surface area contributed by atoms with E-state index in [4.69, 9.17) is 14.6 Å². The number of carboxylic acids is 1. The van der Waals surface area contributed by atoms with Gasteiger partial charge in [-0.05, 0) is 30.2 Å². The van der Waals surface area contributed by atoms with Gasteiger partial charge in [0.15, 0.2) is 11.5 Å². The third-order valence-corrected chi connectivity index (χ3v) is 3.09. The SMILES string of the molecule is COc1cc(C)c(Cn2cc(CC(=O)O)nn2)cc1OC. The standard InChI is InChI=1S/C14H17N3O4/c1-9-4-12(20-2)13(21-3)5-10(9)7-17-8-11(15-16-17)6-14(18)19/h4-5,8H,6-7H2,1-3H3,(H,18,19). The Morgan fingerprint density at radius 2 is 1.95 bits per heavy atom. The molecule has 112 valence electrons. The van der Waals surface area contributed by atoms with Gasteiger partial charge in [-0.1, -0.05) is 5.21 Å². The maximum atomic E-state index is 10.6. The van der Waals surface area contributed by atoms with Crippen molar-refractivity contribution in [1.29, 1.82) is 0 Å². The topological polar surface area (TPSA) is 86.5 Å². The molecule has 0 aliphatic rings. The number of rotatable bonds is 6. The van der Waals surface area contributed by atoms with Gasteiger partial charge < -0.3 is 14.6 Å². The average Bonchev–Trinajstić information content (AvgIpc) is 2.87. The minimum Gasteiger partial charge on any atom is -0.493 e. The molecular weight excluding hydrogens is 274 g/mol. The Balaban J connectivity index is 2.22. The van der Waals surface area contributed by atoms with Gasteiger partial charge in [-0.2, -0.15) is 0 Å². The summed E-state index contributed by atoms with van der Waals surface area (Å²) in [5, 5.41) is 16.5. The molecule has 0 unspecified atom stereocenters. The zero-order valence-electron chi connectivity index (χ0n) is 12.2. The summed E-state index contributed by atoms with van der Waals surface area (Å²) in [5.41, 5.74) is 2.46. The van der Waals surface area contributed by atoms with Gasteiger partial charge in [0.1, 0.15) is 0 Å². The lowest BCUT2D eigenvalue weighted by Gasteiger charge is -2.12. The quantitative estimate of drug-likeness (QED) is 0.862. The molecule has 2 rings (SSSR count). The molecule has 0 saturated heterocycles. The van der Waals surface area contributed by atoms with Crippen LogP contribution in [0.4, 0.5) is 0 Å². The Morgan fingerprint density at radius 3 is 2.57 bits per heavy atom. The van der Waals surface area contributed by atoms with Crippen LogP contribution in [0, 0.1) is 6.92 Å². The van der Waals surface area contributed by atoms with Crippen molar-refractivity contribution in [3.8, 4) is 11.5 Å². The van der Waals surface area contributed by atoms with Crippen molar-refractivity contribution < 1.29 is 19.4 Å². The summed E-state index contributed by atoms with van der Waals surface area (Å²) >= 11 is 0. The normalized spacial score (nSPS) is 10.4. The molecule has 0 spiro atoms. The van der Waals surface area contributed by atoms with E-state index < -0.39 is 5.97 Å². The van der Waals surface area contributed by atoms with Crippen molar-refractivity contribution in [3.05, 3.63) is 35.2 Å². The minimum absolute atomic E-state index is 0.134. The van der Waals surface area contributed by atoms with E-state index in [9.17, 15) is 4.79 Å². The number of hydrogen-bond acceptors (Lipinski definition) is 5. The fourth-order valence-electron chi connectivity index (χ4n) is 2.02. The number of carboxylic acid groups (broad SMARTS) is 1. The van der Waals surface area contributed by atoms with Gasteiger partial charge in [0.2, 0.25) is 0 Å². The second-order valence-electron chi connectivity index (χ2n) is 4.61. The van der Waals surface area contributed by atoms with Crippen molar-refractivity contribution in [1.82, 2.24) is 15.0 Å². The van der Waals surface area contributed by atoms with Crippen LogP contribution >= 0.6 is 0 Å². The lowest BCUT2D eigenvalue weighted by atomic mass is 10.1. The molecule has 7 nitrogen and oxygen atoms in total. The van der Waals surface area contributed by atoms with Crippen molar-refractivity contribution >= 4 is 5.97 Å². The highest BCUT2D eigenvalue weighted by molar-refractivity contribution is 5.69. The molecule has 0 fully saturated rings. The smallest absolute Gasteiger partial charge is 0.309 e. The Hall–Kier alpha value is -2.57. The highest BCUT2D eigenvalue weighted by Gasteiger charge is 2.11. The molecule has 0 aliphatic heterocycles. The van der Waals surface area contributed by atoms with Gasteiger partial charge in [0.05, 0.1) is 32.9 Å². The summed E-state index contributed by atoms with van der Waals surface area (Å²) in [6.45, 7) is 2.45. The lowest BCUT2D eigenvalue weighted by Crippen LogP contribution is -2.04. The number of ether oxygens (including phenoxy) is 2. The minimum atomic E-state index is -0.927. The molecule has 0 aliphatic carbocycles. The third-order valence-electron chi connectivity index (χ3n) is 3.09. The number of methoxy groups -OCH3 is 2. The fourth-order valence-corrected chi connectivity index (χ4v) is 2.02. The predicted molar refractivity (Wildman–Crippen MR) is 74.7 cm³/mol. The number of aromatic nitrogens is 3. The molecule has 0 saturated carbocycles. The first-order chi connectivity index (χ1) is 10.0. The molecule has 1 N–H and O–H groups in total. The van der Waals surface area contributed by atoms with Crippen LogP contribution in [-0.4, -0.2) is 40.3 Å². The molecule has 0 bridgehead atoms. The molecular formula is C14H17N3O4. The lowest BCUT2D eigenvalue weighted by molar-refractivity contribution is -0.136. The Morgan fingerprint density at radius 1 is 1.29 bits per heavy atom. The summed E-state index contributed by atoms with van der Waals surface area (Å²) in [6.07, 6.45) is 1.50. The van der Waals surface area contributed by atoms with Gasteiger partial charge in [0.25, 0.3) is 0 Å². The van der Waals surface area contributed by atoms with Gasteiger partial charge >= 0.3 is 5.97 Å². The molecule has 1 aromatic carbocycles. The van der Waals surface area contributed by atoms with Crippen LogP contribution in [-0.2, 0) is 17.8 Å². The molecule has 7 heteroatoms. The fraction of sp³-hybridized carbons (Fsp3) is 0.357. The summed E-state index contributed by atoms with van der Waals surface area (Å²) < 4.78 is 12.1. The zero-order chi connectivity index (χ0) is 15.4. The summed E-state index contributed by atoms with van der Waals surface area (Å²) in [4.78, 5) is 10.6. The number of nitrogens with zero attached hydrogens (tertiary/aromatic N) is 3. The van der Waals surface area contributed by atoms with Crippen LogP contribution in [0.3, 0.4) is 0 Å². The maximum absolute atomic E-state index is 10.6. The highest BCUT2D eigenvalue weighted by Crippen LogP contribution is 2.30. The van der Waals surface area contributed by atoms with Gasteiger partial charge in [-0.25, -0.2) is 4.68 Å². The van der Waals surface area contributed by atoms with Crippen molar-refractivity contribution in [2.45, 2.75) is 19.9 Å². The van der Waals surface area contributed by atoms with Crippen LogP contribution in [0.2, 0.25) is 0 Å². The average molecular weight is 291 g/mol. The summed E-state index contributed by atoms with van der Waals surface area (Å²) in [6, 6.07) is 3.77. The van der Waals surface area contributed by atoms with Crippen LogP contribution in [0.25, 0.3) is 0 Å². The zero-order valence-corrected chi connectivity index (χ0v) is 12.2. The molecule has 21 heavy (non-hydrogen) atoms. The van der Waals surface area contributed by atoms with E-state index in [0.29, 0.717) is 23.7 Å². The first kappa shape index (κ1) is 14.8. The monoisotopic (exact) mass is 291 g/mol. The second kappa shape index (κ2) is 6.25. The largest absolute Gasteiger partial charge is 0.493 e. The summed E-state index contributed by atoms with van der Waals surface area (Å²) in [7, 11) is 3.17. The van der Waals surface area contributed by atoms with E-state index in [1.165, 1.54) is 0 Å². The van der Waals surface area contributed by atoms with Crippen molar-refractivity contribution in [2.24, 2.45) is 0 Å². The first-order valence-corrected chi connectivity index (χ1v) is 6.35. The van der Waals surface area contributed by atoms with E-state index >= 15 is 0 Å². The second-order valence-corrected chi connectivity index (χ2v) is 4.61. The van der Waals surface area contributed by atoms with Crippen LogP contribution in [0.1, 0.15) is 16.8 Å². The molecule has 2 aromatic rings. The molecule has 1 aromatic heterocycles. The van der Waals surface area contributed by atoms with Crippen molar-refractivity contribution in [3.63, 3.8) is 0 Å². The number of benzene rings is 1. The van der Waals surface area contributed by atoms with Gasteiger partial charge in [-0.15, -0.1) is 5.10 Å². The highest BCUT2D eigenvalue weighted by atomic mass is 16.5. The van der Waals surface area contributed by atoms with Crippen LogP contribution in [0.15, 0.2) is 18.3 Å². The molecule has 0 amide bonds. The van der Waals surface area contributed by atoms with Gasteiger partial charge in [-0.3, -0.25) is 4.79 Å². The van der Waals surface area contributed by atoms with Crippen LogP contribution in [0.5, 0.6) is 11.5 Å². The predicted octanol–water partition coefficient (Wildman–Crippen LogP) is 1.28. The molecule has 1 heterocycles. The van der Waals surface area contributed by atoms with E-state index in [2.05, 4.69) is 10.3 Å². The maximum Gasteiger partial charge on any atom is 0.309 e.